The molecule has 2 aromatic rings. The van der Waals surface area contributed by atoms with Crippen molar-refractivity contribution < 1.29 is 9.59 Å². The van der Waals surface area contributed by atoms with Gasteiger partial charge in [-0.05, 0) is 62.3 Å². The molecule has 3 heteroatoms. The van der Waals surface area contributed by atoms with Crippen molar-refractivity contribution in [1.29, 1.82) is 0 Å². The van der Waals surface area contributed by atoms with E-state index in [4.69, 9.17) is 0 Å². The SMILES string of the molecule is CCCCCc1ccc(CCCC(C)N2C(=O)c3ccccc3C2=O)cc1. The number of unbranched alkanes of at least 4 members (excludes halogenated alkanes) is 2. The van der Waals surface area contributed by atoms with Crippen LogP contribution in [0.2, 0.25) is 0 Å². The van der Waals surface area contributed by atoms with Gasteiger partial charge in [0.2, 0.25) is 0 Å². The van der Waals surface area contributed by atoms with Gasteiger partial charge in [-0.1, -0.05) is 56.2 Å². The fraction of sp³-hybridized carbons (Fsp3) is 0.417. The van der Waals surface area contributed by atoms with Gasteiger partial charge < -0.3 is 0 Å². The number of rotatable bonds is 9. The molecule has 2 aromatic carbocycles. The van der Waals surface area contributed by atoms with Crippen LogP contribution in [0.15, 0.2) is 48.5 Å². The van der Waals surface area contributed by atoms with Crippen molar-refractivity contribution in [2.75, 3.05) is 0 Å². The van der Waals surface area contributed by atoms with E-state index in [1.54, 1.807) is 12.1 Å². The van der Waals surface area contributed by atoms with Crippen molar-refractivity contribution in [3.8, 4) is 0 Å². The van der Waals surface area contributed by atoms with E-state index in [0.29, 0.717) is 11.1 Å². The first-order valence-corrected chi connectivity index (χ1v) is 10.2. The summed E-state index contributed by atoms with van der Waals surface area (Å²) in [4.78, 5) is 26.5. The predicted octanol–water partition coefficient (Wildman–Crippen LogP) is 5.43. The van der Waals surface area contributed by atoms with E-state index in [2.05, 4.69) is 31.2 Å². The number of amides is 2. The molecule has 0 radical (unpaired) electrons. The summed E-state index contributed by atoms with van der Waals surface area (Å²) in [5.41, 5.74) is 3.80. The quantitative estimate of drug-likeness (QED) is 0.440. The minimum atomic E-state index is -0.153. The zero-order valence-electron chi connectivity index (χ0n) is 16.4. The van der Waals surface area contributed by atoms with Crippen LogP contribution in [-0.2, 0) is 12.8 Å². The molecular formula is C24H29NO2. The van der Waals surface area contributed by atoms with Crippen LogP contribution in [-0.4, -0.2) is 22.8 Å². The van der Waals surface area contributed by atoms with Gasteiger partial charge >= 0.3 is 0 Å². The smallest absolute Gasteiger partial charge is 0.261 e. The lowest BCUT2D eigenvalue weighted by molar-refractivity contribution is 0.0589. The fourth-order valence-corrected chi connectivity index (χ4v) is 3.79. The zero-order valence-corrected chi connectivity index (χ0v) is 16.4. The highest BCUT2D eigenvalue weighted by atomic mass is 16.2. The molecule has 0 saturated heterocycles. The Hall–Kier alpha value is -2.42. The monoisotopic (exact) mass is 363 g/mol. The van der Waals surface area contributed by atoms with E-state index in [-0.39, 0.29) is 17.9 Å². The number of aryl methyl sites for hydroxylation is 2. The Morgan fingerprint density at radius 1 is 0.778 bits per heavy atom. The summed E-state index contributed by atoms with van der Waals surface area (Å²) >= 11 is 0. The predicted molar refractivity (Wildman–Crippen MR) is 109 cm³/mol. The van der Waals surface area contributed by atoms with E-state index in [1.807, 2.05) is 19.1 Å². The van der Waals surface area contributed by atoms with Crippen molar-refractivity contribution in [2.24, 2.45) is 0 Å². The molecule has 1 unspecified atom stereocenters. The lowest BCUT2D eigenvalue weighted by Gasteiger charge is -2.22. The van der Waals surface area contributed by atoms with E-state index in [1.165, 1.54) is 35.3 Å². The van der Waals surface area contributed by atoms with Gasteiger partial charge in [0.05, 0.1) is 11.1 Å². The Morgan fingerprint density at radius 3 is 1.81 bits per heavy atom. The Balaban J connectivity index is 1.49. The van der Waals surface area contributed by atoms with Gasteiger partial charge in [-0.3, -0.25) is 14.5 Å². The third-order valence-electron chi connectivity index (χ3n) is 5.45. The van der Waals surface area contributed by atoms with Crippen LogP contribution in [0.25, 0.3) is 0 Å². The Kier molecular flexibility index (Phi) is 6.44. The summed E-state index contributed by atoms with van der Waals surface area (Å²) in [7, 11) is 0. The van der Waals surface area contributed by atoms with Gasteiger partial charge in [-0.25, -0.2) is 0 Å². The maximum Gasteiger partial charge on any atom is 0.261 e. The molecule has 0 N–H and O–H groups in total. The van der Waals surface area contributed by atoms with Crippen molar-refractivity contribution in [3.63, 3.8) is 0 Å². The first-order chi connectivity index (χ1) is 13.1. The van der Waals surface area contributed by atoms with Gasteiger partial charge in [0.15, 0.2) is 0 Å². The molecule has 2 amide bonds. The lowest BCUT2D eigenvalue weighted by Crippen LogP contribution is -2.38. The van der Waals surface area contributed by atoms with Gasteiger partial charge in [0, 0.05) is 6.04 Å². The molecule has 1 aliphatic rings. The third kappa shape index (κ3) is 4.47. The summed E-state index contributed by atoms with van der Waals surface area (Å²) in [6.07, 6.45) is 7.72. The molecule has 1 heterocycles. The molecule has 0 bridgehead atoms. The maximum atomic E-state index is 12.5. The number of hydrogen-bond donors (Lipinski definition) is 0. The number of imide groups is 1. The van der Waals surface area contributed by atoms with Crippen LogP contribution >= 0.6 is 0 Å². The Labute approximate surface area is 162 Å². The Bertz CT molecular complexity index is 759. The molecule has 0 fully saturated rings. The van der Waals surface area contributed by atoms with Gasteiger partial charge in [0.1, 0.15) is 0 Å². The highest BCUT2D eigenvalue weighted by Crippen LogP contribution is 2.26. The van der Waals surface area contributed by atoms with Crippen LogP contribution in [0.4, 0.5) is 0 Å². The molecule has 3 rings (SSSR count). The molecular weight excluding hydrogens is 334 g/mol. The first-order valence-electron chi connectivity index (χ1n) is 10.2. The van der Waals surface area contributed by atoms with Crippen molar-refractivity contribution in [2.45, 2.75) is 64.8 Å². The van der Waals surface area contributed by atoms with Crippen molar-refractivity contribution in [1.82, 2.24) is 4.90 Å². The van der Waals surface area contributed by atoms with Crippen LogP contribution in [0, 0.1) is 0 Å². The molecule has 142 valence electrons. The molecule has 27 heavy (non-hydrogen) atoms. The number of carbonyl (C=O) groups is 2. The fourth-order valence-electron chi connectivity index (χ4n) is 3.79. The highest BCUT2D eigenvalue weighted by Gasteiger charge is 2.37. The molecule has 0 saturated carbocycles. The van der Waals surface area contributed by atoms with E-state index >= 15 is 0 Å². The minimum Gasteiger partial charge on any atom is -0.272 e. The number of fused-ring (bicyclic) bond motifs is 1. The molecule has 0 spiro atoms. The molecule has 1 atom stereocenters. The topological polar surface area (TPSA) is 37.4 Å². The number of nitrogens with zero attached hydrogens (tertiary/aromatic N) is 1. The molecule has 0 aromatic heterocycles. The summed E-state index contributed by atoms with van der Waals surface area (Å²) in [6, 6.07) is 15.9. The van der Waals surface area contributed by atoms with Crippen molar-refractivity contribution >= 4 is 11.8 Å². The largest absolute Gasteiger partial charge is 0.272 e. The normalized spacial score (nSPS) is 14.5. The summed E-state index contributed by atoms with van der Waals surface area (Å²) < 4.78 is 0. The summed E-state index contributed by atoms with van der Waals surface area (Å²) in [5.74, 6) is -0.306. The van der Waals surface area contributed by atoms with E-state index in [9.17, 15) is 9.59 Å². The minimum absolute atomic E-state index is 0.0780. The van der Waals surface area contributed by atoms with Gasteiger partial charge in [-0.2, -0.15) is 0 Å². The third-order valence-corrected chi connectivity index (χ3v) is 5.45. The standard InChI is InChI=1S/C24H29NO2/c1-3-4-5-10-19-14-16-20(17-15-19)11-8-9-18(2)25-23(26)21-12-6-7-13-22(21)24(25)27/h6-7,12-18H,3-5,8-11H2,1-2H3. The second-order valence-electron chi connectivity index (χ2n) is 7.54. The van der Waals surface area contributed by atoms with Crippen LogP contribution in [0.3, 0.4) is 0 Å². The highest BCUT2D eigenvalue weighted by molar-refractivity contribution is 6.21. The number of hydrogen-bond acceptors (Lipinski definition) is 2. The Morgan fingerprint density at radius 2 is 1.30 bits per heavy atom. The first kappa shape index (κ1) is 19.3. The average molecular weight is 364 g/mol. The van der Waals surface area contributed by atoms with E-state index in [0.717, 1.165) is 25.7 Å². The van der Waals surface area contributed by atoms with E-state index < -0.39 is 0 Å². The number of benzene rings is 2. The molecule has 1 aliphatic heterocycles. The molecule has 3 nitrogen and oxygen atoms in total. The average Bonchev–Trinajstić information content (AvgIpc) is 2.94. The van der Waals surface area contributed by atoms with Gasteiger partial charge in [-0.15, -0.1) is 0 Å². The maximum absolute atomic E-state index is 12.5. The summed E-state index contributed by atoms with van der Waals surface area (Å²) in [6.45, 7) is 4.20. The number of carbonyl (C=O) groups excluding carboxylic acids is 2. The lowest BCUT2D eigenvalue weighted by atomic mass is 10.0. The van der Waals surface area contributed by atoms with Crippen LogP contribution in [0.1, 0.15) is 77.8 Å². The second-order valence-corrected chi connectivity index (χ2v) is 7.54. The zero-order chi connectivity index (χ0) is 19.2. The van der Waals surface area contributed by atoms with Crippen LogP contribution < -0.4 is 0 Å². The van der Waals surface area contributed by atoms with Crippen LogP contribution in [0.5, 0.6) is 0 Å². The summed E-state index contributed by atoms with van der Waals surface area (Å²) in [5, 5.41) is 0. The van der Waals surface area contributed by atoms with Gasteiger partial charge in [0.25, 0.3) is 11.8 Å². The second kappa shape index (κ2) is 8.98. The van der Waals surface area contributed by atoms with Crippen molar-refractivity contribution in [3.05, 3.63) is 70.8 Å². The molecule has 0 aliphatic carbocycles.